The predicted octanol–water partition coefficient (Wildman–Crippen LogP) is 5.12. The fraction of sp³-hybridized carbons (Fsp3) is 0.240. The second kappa shape index (κ2) is 8.69. The van der Waals surface area contributed by atoms with Crippen molar-refractivity contribution in [2.45, 2.75) is 26.1 Å². The number of hydroxylamine groups is 3. The lowest BCUT2D eigenvalue weighted by Crippen LogP contribution is -2.65. The summed E-state index contributed by atoms with van der Waals surface area (Å²) in [6.07, 6.45) is 0. The van der Waals surface area contributed by atoms with Gasteiger partial charge in [0.05, 0.1) is 13.1 Å². The fourth-order valence-corrected chi connectivity index (χ4v) is 4.03. The molecule has 0 N–H and O–H groups in total. The first-order valence-corrected chi connectivity index (χ1v) is 10.3. The summed E-state index contributed by atoms with van der Waals surface area (Å²) in [4.78, 5) is 16.7. The molecule has 0 saturated carbocycles. The fourth-order valence-electron chi connectivity index (χ4n) is 4.03. The number of urea groups is 1. The molecule has 154 valence electrons. The number of benzene rings is 3. The van der Waals surface area contributed by atoms with Crippen LogP contribution in [0.5, 0.6) is 0 Å². The van der Waals surface area contributed by atoms with E-state index in [9.17, 15) is 10.0 Å². The summed E-state index contributed by atoms with van der Waals surface area (Å²) in [6, 6.07) is 29.2. The number of carbonyl (C=O) groups is 1. The number of hydrogen-bond acceptors (Lipinski definition) is 2. The summed E-state index contributed by atoms with van der Waals surface area (Å²) in [7, 11) is 0. The van der Waals surface area contributed by atoms with Crippen LogP contribution in [0.1, 0.15) is 29.7 Å². The zero-order valence-corrected chi connectivity index (χ0v) is 17.2. The first-order chi connectivity index (χ1) is 14.5. The first-order valence-electron chi connectivity index (χ1n) is 10.3. The Morgan fingerprint density at radius 2 is 1.17 bits per heavy atom. The summed E-state index contributed by atoms with van der Waals surface area (Å²) >= 11 is 0. The lowest BCUT2D eigenvalue weighted by Gasteiger charge is -2.55. The largest absolute Gasteiger partial charge is 0.630 e. The normalized spacial score (nSPS) is 17.1. The highest BCUT2D eigenvalue weighted by molar-refractivity contribution is 5.74. The number of nitrogens with zero attached hydrogens (tertiary/aromatic N) is 3. The standard InChI is InChI=1S/C25H27N3O2/c1-21(24-15-9-4-10-16-24)28(30)19-26(17-22-11-5-2-6-12-22)25(29)27(20-28)18-23-13-7-3-8-14-23/h2-16,21H,17-20H2,1H3. The Kier molecular flexibility index (Phi) is 5.84. The predicted molar refractivity (Wildman–Crippen MR) is 118 cm³/mol. The van der Waals surface area contributed by atoms with Crippen molar-refractivity contribution in [1.29, 1.82) is 0 Å². The molecular formula is C25H27N3O2. The highest BCUT2D eigenvalue weighted by Crippen LogP contribution is 2.32. The zero-order chi connectivity index (χ0) is 21.0. The van der Waals surface area contributed by atoms with Crippen LogP contribution in [0.25, 0.3) is 0 Å². The van der Waals surface area contributed by atoms with Gasteiger partial charge in [0.1, 0.15) is 6.04 Å². The molecule has 0 spiro atoms. The molecule has 1 fully saturated rings. The first kappa shape index (κ1) is 20.1. The van der Waals surface area contributed by atoms with Crippen molar-refractivity contribution in [2.24, 2.45) is 0 Å². The van der Waals surface area contributed by atoms with E-state index in [0.717, 1.165) is 16.7 Å². The monoisotopic (exact) mass is 401 g/mol. The van der Waals surface area contributed by atoms with Crippen molar-refractivity contribution in [3.8, 4) is 0 Å². The summed E-state index contributed by atoms with van der Waals surface area (Å²) in [5, 5.41) is 14.1. The van der Waals surface area contributed by atoms with Crippen molar-refractivity contribution in [3.05, 3.63) is 113 Å². The second-order valence-corrected chi connectivity index (χ2v) is 7.97. The maximum atomic E-state index is 14.1. The molecule has 1 heterocycles. The maximum absolute atomic E-state index is 14.1. The molecular weight excluding hydrogens is 374 g/mol. The number of carbonyl (C=O) groups excluding carboxylic acids is 1. The molecule has 30 heavy (non-hydrogen) atoms. The van der Waals surface area contributed by atoms with Gasteiger partial charge >= 0.3 is 6.03 Å². The van der Waals surface area contributed by atoms with Gasteiger partial charge in [-0.1, -0.05) is 91.0 Å². The van der Waals surface area contributed by atoms with Crippen molar-refractivity contribution >= 4 is 6.03 Å². The molecule has 0 radical (unpaired) electrons. The average Bonchev–Trinajstić information content (AvgIpc) is 2.78. The van der Waals surface area contributed by atoms with Gasteiger partial charge in [-0.2, -0.15) is 0 Å². The maximum Gasteiger partial charge on any atom is 0.329 e. The van der Waals surface area contributed by atoms with Crippen LogP contribution in [0, 0.1) is 5.21 Å². The van der Waals surface area contributed by atoms with Crippen molar-refractivity contribution in [1.82, 2.24) is 9.80 Å². The van der Waals surface area contributed by atoms with Crippen LogP contribution in [0.15, 0.2) is 91.0 Å². The van der Waals surface area contributed by atoms with Gasteiger partial charge in [0.15, 0.2) is 13.3 Å². The van der Waals surface area contributed by atoms with Gasteiger partial charge in [-0.25, -0.2) is 4.79 Å². The van der Waals surface area contributed by atoms with Crippen molar-refractivity contribution in [2.75, 3.05) is 13.3 Å². The van der Waals surface area contributed by atoms with Crippen LogP contribution in [0.4, 0.5) is 4.79 Å². The molecule has 1 unspecified atom stereocenters. The molecule has 1 aliphatic heterocycles. The minimum atomic E-state index is -0.491. The van der Waals surface area contributed by atoms with Crippen LogP contribution in [-0.2, 0) is 13.1 Å². The molecule has 1 aliphatic rings. The Balaban J connectivity index is 1.63. The number of rotatable bonds is 6. The lowest BCUT2D eigenvalue weighted by molar-refractivity contribution is -0.931. The van der Waals surface area contributed by atoms with E-state index in [-0.39, 0.29) is 25.4 Å². The summed E-state index contributed by atoms with van der Waals surface area (Å²) < 4.78 is -0.491. The summed E-state index contributed by atoms with van der Waals surface area (Å²) in [6.45, 7) is 3.08. The Labute approximate surface area is 177 Å². The average molecular weight is 402 g/mol. The van der Waals surface area contributed by atoms with E-state index in [2.05, 4.69) is 0 Å². The minimum absolute atomic E-state index is 0.0902. The van der Waals surface area contributed by atoms with Gasteiger partial charge in [0, 0.05) is 5.56 Å². The molecule has 0 aliphatic carbocycles. The molecule has 3 aromatic carbocycles. The molecule has 1 atom stereocenters. The Bertz CT molecular complexity index is 910. The molecule has 0 bridgehead atoms. The smallest absolute Gasteiger partial charge is 0.329 e. The molecule has 2 amide bonds. The van der Waals surface area contributed by atoms with Gasteiger partial charge in [0.25, 0.3) is 0 Å². The number of amides is 2. The lowest BCUT2D eigenvalue weighted by atomic mass is 10.1. The zero-order valence-electron chi connectivity index (χ0n) is 17.2. The highest BCUT2D eigenvalue weighted by Gasteiger charge is 2.40. The van der Waals surface area contributed by atoms with E-state index in [0.29, 0.717) is 13.1 Å². The third kappa shape index (κ3) is 4.37. The molecule has 1 saturated heterocycles. The van der Waals surface area contributed by atoms with E-state index in [1.807, 2.05) is 97.9 Å². The van der Waals surface area contributed by atoms with E-state index < -0.39 is 4.65 Å². The highest BCUT2D eigenvalue weighted by atomic mass is 16.6. The molecule has 0 aromatic heterocycles. The van der Waals surface area contributed by atoms with Crippen LogP contribution in [0.2, 0.25) is 0 Å². The van der Waals surface area contributed by atoms with E-state index >= 15 is 0 Å². The quantitative estimate of drug-likeness (QED) is 0.425. The van der Waals surface area contributed by atoms with Crippen molar-refractivity contribution < 1.29 is 9.44 Å². The topological polar surface area (TPSA) is 46.6 Å². The Morgan fingerprint density at radius 1 is 0.767 bits per heavy atom. The second-order valence-electron chi connectivity index (χ2n) is 7.97. The SMILES string of the molecule is CC(c1ccccc1)[N+]1([O-])CN(Cc2ccccc2)C(=O)N(Cc2ccccc2)C1. The van der Waals surface area contributed by atoms with Gasteiger partial charge in [-0.15, -0.1) is 0 Å². The molecule has 5 nitrogen and oxygen atoms in total. The van der Waals surface area contributed by atoms with Gasteiger partial charge in [-0.3, -0.25) is 9.80 Å². The molecule has 4 rings (SSSR count). The van der Waals surface area contributed by atoms with E-state index in [1.54, 1.807) is 9.80 Å². The molecule has 3 aromatic rings. The van der Waals surface area contributed by atoms with Crippen molar-refractivity contribution in [3.63, 3.8) is 0 Å². The Morgan fingerprint density at radius 3 is 1.60 bits per heavy atom. The minimum Gasteiger partial charge on any atom is -0.630 e. The van der Waals surface area contributed by atoms with Gasteiger partial charge in [0.2, 0.25) is 0 Å². The number of hydrogen-bond donors (Lipinski definition) is 0. The van der Waals surface area contributed by atoms with Gasteiger partial charge in [-0.05, 0) is 18.1 Å². The van der Waals surface area contributed by atoms with Crippen LogP contribution in [-0.4, -0.2) is 33.8 Å². The number of quaternary nitrogens is 1. The Hall–Kier alpha value is -3.15. The summed E-state index contributed by atoms with van der Waals surface area (Å²) in [5.74, 6) is 0. The van der Waals surface area contributed by atoms with Crippen LogP contribution >= 0.6 is 0 Å². The summed E-state index contributed by atoms with van der Waals surface area (Å²) in [5.41, 5.74) is 3.03. The molecule has 5 heteroatoms. The van der Waals surface area contributed by atoms with Crippen LogP contribution < -0.4 is 0 Å². The van der Waals surface area contributed by atoms with E-state index in [1.165, 1.54) is 0 Å². The van der Waals surface area contributed by atoms with Crippen LogP contribution in [0.3, 0.4) is 0 Å². The third-order valence-electron chi connectivity index (χ3n) is 5.78. The third-order valence-corrected chi connectivity index (χ3v) is 5.78. The van der Waals surface area contributed by atoms with Gasteiger partial charge < -0.3 is 9.85 Å². The van der Waals surface area contributed by atoms with E-state index in [4.69, 9.17) is 0 Å².